The van der Waals surface area contributed by atoms with E-state index in [1.54, 1.807) is 0 Å². The van der Waals surface area contributed by atoms with Gasteiger partial charge in [0.2, 0.25) is 0 Å². The van der Waals surface area contributed by atoms with Crippen molar-refractivity contribution in [3.05, 3.63) is 16.3 Å². The van der Waals surface area contributed by atoms with Crippen LogP contribution in [0.3, 0.4) is 0 Å². The highest BCUT2D eigenvalue weighted by molar-refractivity contribution is 7.20. The number of morpholine rings is 1. The third kappa shape index (κ3) is 3.35. The predicted molar refractivity (Wildman–Crippen MR) is 92.9 cm³/mol. The molecule has 3 heterocycles. The first-order valence-corrected chi connectivity index (χ1v) is 9.01. The molecule has 0 aromatic carbocycles. The van der Waals surface area contributed by atoms with Crippen molar-refractivity contribution in [1.29, 1.82) is 0 Å². The Kier molecular flexibility index (Phi) is 5.27. The number of nitrogens with one attached hydrogen (secondary N) is 2. The van der Waals surface area contributed by atoms with Crippen molar-refractivity contribution in [3.8, 4) is 0 Å². The lowest BCUT2D eigenvalue weighted by Crippen LogP contribution is -3.12. The number of nitrogens with zero attached hydrogens (tertiary/aromatic N) is 2. The molecule has 130 valence electrons. The molecule has 0 atom stereocenters. The van der Waals surface area contributed by atoms with Crippen LogP contribution in [0.2, 0.25) is 0 Å². The van der Waals surface area contributed by atoms with Gasteiger partial charge in [-0.3, -0.25) is 0 Å². The van der Waals surface area contributed by atoms with E-state index in [1.165, 1.54) is 16.2 Å². The van der Waals surface area contributed by atoms with Gasteiger partial charge in [0, 0.05) is 7.05 Å². The maximum Gasteiger partial charge on any atom is 0.348 e. The highest BCUT2D eigenvalue weighted by Gasteiger charge is 2.22. The summed E-state index contributed by atoms with van der Waals surface area (Å²) in [5, 5.41) is 4.05. The molecular formula is C16H23N4O3S+. The number of aryl methyl sites for hydroxylation is 1. The van der Waals surface area contributed by atoms with Crippen molar-refractivity contribution in [2.45, 2.75) is 20.4 Å². The molecule has 2 aromatic rings. The summed E-state index contributed by atoms with van der Waals surface area (Å²) < 4.78 is 10.5. The van der Waals surface area contributed by atoms with E-state index in [0.29, 0.717) is 11.5 Å². The van der Waals surface area contributed by atoms with E-state index in [4.69, 9.17) is 14.5 Å². The summed E-state index contributed by atoms with van der Waals surface area (Å²) in [4.78, 5) is 24.4. The first-order valence-electron chi connectivity index (χ1n) is 8.20. The number of esters is 1. The Bertz CT molecular complexity index is 740. The van der Waals surface area contributed by atoms with Gasteiger partial charge in [-0.2, -0.15) is 0 Å². The maximum atomic E-state index is 12.1. The molecule has 8 heteroatoms. The summed E-state index contributed by atoms with van der Waals surface area (Å²) in [6, 6.07) is 0. The molecule has 0 unspecified atom stereocenters. The molecule has 0 spiro atoms. The van der Waals surface area contributed by atoms with Crippen LogP contribution in [0.25, 0.3) is 10.2 Å². The normalized spacial score (nSPS) is 15.6. The zero-order chi connectivity index (χ0) is 17.1. The lowest BCUT2D eigenvalue weighted by Gasteiger charge is -2.23. The van der Waals surface area contributed by atoms with E-state index < -0.39 is 0 Å². The molecule has 2 N–H and O–H groups in total. The lowest BCUT2D eigenvalue weighted by atomic mass is 10.2. The molecule has 0 bridgehead atoms. The molecule has 24 heavy (non-hydrogen) atoms. The number of aromatic nitrogens is 2. The van der Waals surface area contributed by atoms with Crippen molar-refractivity contribution < 1.29 is 19.2 Å². The third-order valence-electron chi connectivity index (χ3n) is 4.14. The number of thiophene rings is 1. The molecule has 1 aliphatic rings. The Balaban J connectivity index is 1.97. The predicted octanol–water partition coefficient (Wildman–Crippen LogP) is 0.633. The molecule has 0 aliphatic carbocycles. The van der Waals surface area contributed by atoms with Crippen molar-refractivity contribution in [1.82, 2.24) is 9.97 Å². The van der Waals surface area contributed by atoms with E-state index >= 15 is 0 Å². The summed E-state index contributed by atoms with van der Waals surface area (Å²) >= 11 is 1.38. The van der Waals surface area contributed by atoms with Crippen LogP contribution in [0.15, 0.2) is 0 Å². The van der Waals surface area contributed by atoms with Gasteiger partial charge in [0.15, 0.2) is 5.82 Å². The first-order chi connectivity index (χ1) is 11.6. The third-order valence-corrected chi connectivity index (χ3v) is 5.31. The van der Waals surface area contributed by atoms with Crippen LogP contribution in [-0.2, 0) is 16.0 Å². The zero-order valence-corrected chi connectivity index (χ0v) is 15.1. The monoisotopic (exact) mass is 351 g/mol. The molecule has 0 saturated carbocycles. The van der Waals surface area contributed by atoms with Gasteiger partial charge in [-0.05, 0) is 19.4 Å². The van der Waals surface area contributed by atoms with Crippen LogP contribution in [-0.4, -0.2) is 55.9 Å². The number of rotatable bonds is 5. The Labute approximate surface area is 145 Å². The molecule has 0 radical (unpaired) electrons. The van der Waals surface area contributed by atoms with Crippen LogP contribution >= 0.6 is 11.3 Å². The van der Waals surface area contributed by atoms with Gasteiger partial charge < -0.3 is 19.7 Å². The van der Waals surface area contributed by atoms with E-state index in [9.17, 15) is 4.79 Å². The quantitative estimate of drug-likeness (QED) is 0.770. The van der Waals surface area contributed by atoms with E-state index in [-0.39, 0.29) is 5.97 Å². The number of quaternary nitrogens is 1. The van der Waals surface area contributed by atoms with Gasteiger partial charge in [-0.15, -0.1) is 11.3 Å². The fourth-order valence-corrected chi connectivity index (χ4v) is 3.99. The molecule has 7 nitrogen and oxygen atoms in total. The second kappa shape index (κ2) is 7.42. The average Bonchev–Trinajstić information content (AvgIpc) is 2.92. The van der Waals surface area contributed by atoms with Gasteiger partial charge in [0.25, 0.3) is 0 Å². The number of carbonyl (C=O) groups is 1. The van der Waals surface area contributed by atoms with Crippen LogP contribution in [0, 0.1) is 6.92 Å². The SMILES string of the molecule is CCOC(=O)c1sc2nc(C[NH+]3CCOCC3)nc(NC)c2c1C. The van der Waals surface area contributed by atoms with Gasteiger partial charge in [0.1, 0.15) is 35.2 Å². The fraction of sp³-hybridized carbons (Fsp3) is 0.562. The van der Waals surface area contributed by atoms with Gasteiger partial charge in [0.05, 0.1) is 25.2 Å². The molecular weight excluding hydrogens is 328 g/mol. The summed E-state index contributed by atoms with van der Waals surface area (Å²) in [5.74, 6) is 1.27. The second-order valence-corrected chi connectivity index (χ2v) is 6.73. The Morgan fingerprint density at radius 3 is 2.79 bits per heavy atom. The van der Waals surface area contributed by atoms with Gasteiger partial charge in [-0.25, -0.2) is 14.8 Å². The zero-order valence-electron chi connectivity index (χ0n) is 14.3. The highest BCUT2D eigenvalue weighted by Crippen LogP contribution is 2.34. The van der Waals surface area contributed by atoms with E-state index in [1.807, 2.05) is 20.9 Å². The summed E-state index contributed by atoms with van der Waals surface area (Å²) in [6.07, 6.45) is 0. The highest BCUT2D eigenvalue weighted by atomic mass is 32.1. The van der Waals surface area contributed by atoms with Crippen LogP contribution in [0.1, 0.15) is 28.0 Å². The minimum Gasteiger partial charge on any atom is -0.462 e. The molecule has 1 aliphatic heterocycles. The maximum absolute atomic E-state index is 12.1. The Morgan fingerprint density at radius 1 is 1.38 bits per heavy atom. The van der Waals surface area contributed by atoms with Crippen LogP contribution < -0.4 is 10.2 Å². The van der Waals surface area contributed by atoms with Crippen molar-refractivity contribution in [2.75, 3.05) is 45.3 Å². The first kappa shape index (κ1) is 17.1. The van der Waals surface area contributed by atoms with Crippen molar-refractivity contribution >= 4 is 33.3 Å². The number of hydrogen-bond donors (Lipinski definition) is 2. The largest absolute Gasteiger partial charge is 0.462 e. The minimum absolute atomic E-state index is 0.291. The molecule has 2 aromatic heterocycles. The van der Waals surface area contributed by atoms with Crippen LogP contribution in [0.5, 0.6) is 0 Å². The second-order valence-electron chi connectivity index (χ2n) is 5.73. The van der Waals surface area contributed by atoms with Gasteiger partial charge in [-0.1, -0.05) is 0 Å². The number of fused-ring (bicyclic) bond motifs is 1. The number of ether oxygens (including phenoxy) is 2. The van der Waals surface area contributed by atoms with Crippen molar-refractivity contribution in [2.24, 2.45) is 0 Å². The Hall–Kier alpha value is -1.77. The van der Waals surface area contributed by atoms with E-state index in [2.05, 4.69) is 10.3 Å². The smallest absolute Gasteiger partial charge is 0.348 e. The number of carbonyl (C=O) groups excluding carboxylic acids is 1. The molecule has 0 amide bonds. The molecule has 1 saturated heterocycles. The standard InChI is InChI=1S/C16H22N4O3S/c1-4-23-16(21)13-10(2)12-14(17-3)18-11(19-15(12)24-13)9-20-5-7-22-8-6-20/h4-9H2,1-3H3,(H,17,18,19)/p+1. The summed E-state index contributed by atoms with van der Waals surface area (Å²) in [6.45, 7) is 8.35. The molecule has 3 rings (SSSR count). The number of anilines is 1. The van der Waals surface area contributed by atoms with Gasteiger partial charge >= 0.3 is 5.97 Å². The lowest BCUT2D eigenvalue weighted by molar-refractivity contribution is -0.922. The summed E-state index contributed by atoms with van der Waals surface area (Å²) in [7, 11) is 1.84. The van der Waals surface area contributed by atoms with E-state index in [0.717, 1.165) is 60.3 Å². The fourth-order valence-electron chi connectivity index (χ4n) is 2.89. The van der Waals surface area contributed by atoms with Crippen LogP contribution in [0.4, 0.5) is 5.82 Å². The summed E-state index contributed by atoms with van der Waals surface area (Å²) in [5.41, 5.74) is 0.878. The van der Waals surface area contributed by atoms with Crippen molar-refractivity contribution in [3.63, 3.8) is 0 Å². The number of hydrogen-bond acceptors (Lipinski definition) is 7. The minimum atomic E-state index is -0.291. The molecule has 1 fully saturated rings. The topological polar surface area (TPSA) is 77.8 Å². The average molecular weight is 351 g/mol. The Morgan fingerprint density at radius 2 is 2.12 bits per heavy atom.